The van der Waals surface area contributed by atoms with Crippen molar-refractivity contribution in [1.82, 2.24) is 0 Å². The summed E-state index contributed by atoms with van der Waals surface area (Å²) >= 11 is 0. The van der Waals surface area contributed by atoms with Crippen molar-refractivity contribution in [2.45, 2.75) is 26.7 Å². The molecule has 0 aliphatic heterocycles. The van der Waals surface area contributed by atoms with E-state index in [2.05, 4.69) is 38.1 Å². The van der Waals surface area contributed by atoms with Crippen LogP contribution in [0, 0.1) is 13.8 Å². The summed E-state index contributed by atoms with van der Waals surface area (Å²) in [5.41, 5.74) is 6.07. The highest BCUT2D eigenvalue weighted by Gasteiger charge is 2.16. The van der Waals surface area contributed by atoms with Crippen molar-refractivity contribution >= 4 is 10.8 Å². The van der Waals surface area contributed by atoms with Gasteiger partial charge in [0.05, 0.1) is 0 Å². The van der Waals surface area contributed by atoms with Crippen LogP contribution < -0.4 is 0 Å². The van der Waals surface area contributed by atoms with Crippen LogP contribution in [0.5, 0.6) is 0 Å². The fourth-order valence-electron chi connectivity index (χ4n) is 2.66. The van der Waals surface area contributed by atoms with Crippen molar-refractivity contribution in [1.29, 1.82) is 0 Å². The molecule has 0 radical (unpaired) electrons. The predicted molar refractivity (Wildman–Crippen MR) is 60.8 cm³/mol. The molecule has 0 bridgehead atoms. The zero-order valence-electron chi connectivity index (χ0n) is 8.72. The van der Waals surface area contributed by atoms with Gasteiger partial charge in [-0.15, -0.1) is 0 Å². The molecule has 0 saturated carbocycles. The Morgan fingerprint density at radius 2 is 1.93 bits per heavy atom. The maximum absolute atomic E-state index is 2.32. The Hall–Kier alpha value is -1.30. The van der Waals surface area contributed by atoms with Crippen LogP contribution in [0.25, 0.3) is 10.8 Å². The van der Waals surface area contributed by atoms with Gasteiger partial charge in [0.2, 0.25) is 0 Å². The Kier molecular flexibility index (Phi) is 1.49. The number of hydrogen-bond donors (Lipinski definition) is 0. The second-order valence-corrected chi connectivity index (χ2v) is 4.31. The monoisotopic (exact) mass is 182 g/mol. The van der Waals surface area contributed by atoms with Crippen molar-refractivity contribution in [2.24, 2.45) is 0 Å². The Balaban J connectivity index is 2.56. The third-order valence-corrected chi connectivity index (χ3v) is 3.55. The fourth-order valence-corrected chi connectivity index (χ4v) is 2.66. The van der Waals surface area contributed by atoms with Gasteiger partial charge in [0.15, 0.2) is 0 Å². The summed E-state index contributed by atoms with van der Waals surface area (Å²) in [5.74, 6) is 0. The van der Waals surface area contributed by atoms with Gasteiger partial charge in [0.25, 0.3) is 0 Å². The molecule has 0 saturated heterocycles. The lowest BCUT2D eigenvalue weighted by molar-refractivity contribution is 1.01. The minimum absolute atomic E-state index is 1.23. The van der Waals surface area contributed by atoms with Gasteiger partial charge in [-0.2, -0.15) is 0 Å². The smallest absolute Gasteiger partial charge is 0.0117 e. The highest BCUT2D eigenvalue weighted by Crippen LogP contribution is 2.34. The molecule has 1 aliphatic carbocycles. The Labute approximate surface area is 84.6 Å². The van der Waals surface area contributed by atoms with E-state index in [1.165, 1.54) is 34.7 Å². The van der Waals surface area contributed by atoms with Crippen molar-refractivity contribution in [2.75, 3.05) is 0 Å². The van der Waals surface area contributed by atoms with Gasteiger partial charge in [-0.3, -0.25) is 0 Å². The van der Waals surface area contributed by atoms with Crippen molar-refractivity contribution in [3.63, 3.8) is 0 Å². The first kappa shape index (κ1) is 8.05. The van der Waals surface area contributed by atoms with Crippen LogP contribution >= 0.6 is 0 Å². The highest BCUT2D eigenvalue weighted by atomic mass is 14.2. The molecule has 0 atom stereocenters. The molecule has 0 aromatic heterocycles. The van der Waals surface area contributed by atoms with Crippen LogP contribution in [0.3, 0.4) is 0 Å². The normalized spacial score (nSPS) is 13.9. The van der Waals surface area contributed by atoms with Crippen molar-refractivity contribution in [3.05, 3.63) is 46.5 Å². The standard InChI is InChI=1S/C14H14/c1-9-8-12-5-3-4-11-6-7-13(10(9)2)14(11)12/h3-5,8H,6-7H2,1-2H3. The summed E-state index contributed by atoms with van der Waals surface area (Å²) in [4.78, 5) is 0. The van der Waals surface area contributed by atoms with E-state index >= 15 is 0 Å². The lowest BCUT2D eigenvalue weighted by Crippen LogP contribution is -1.89. The summed E-state index contributed by atoms with van der Waals surface area (Å²) in [5, 5.41) is 2.97. The average molecular weight is 182 g/mol. The first-order valence-corrected chi connectivity index (χ1v) is 5.28. The summed E-state index contributed by atoms with van der Waals surface area (Å²) in [6.07, 6.45) is 2.47. The zero-order chi connectivity index (χ0) is 9.71. The van der Waals surface area contributed by atoms with Crippen LogP contribution in [-0.2, 0) is 12.8 Å². The molecular formula is C14H14. The van der Waals surface area contributed by atoms with Gasteiger partial charge in [0.1, 0.15) is 0 Å². The molecule has 14 heavy (non-hydrogen) atoms. The number of benzene rings is 2. The van der Waals surface area contributed by atoms with Crippen molar-refractivity contribution < 1.29 is 0 Å². The highest BCUT2D eigenvalue weighted by molar-refractivity contribution is 5.92. The molecule has 0 N–H and O–H groups in total. The molecule has 0 amide bonds. The predicted octanol–water partition coefficient (Wildman–Crippen LogP) is 3.56. The zero-order valence-corrected chi connectivity index (χ0v) is 8.72. The lowest BCUT2D eigenvalue weighted by Gasteiger charge is -2.08. The Morgan fingerprint density at radius 1 is 1.07 bits per heavy atom. The Bertz CT molecular complexity index is 521. The van der Waals surface area contributed by atoms with Crippen LogP contribution in [0.1, 0.15) is 22.3 Å². The maximum Gasteiger partial charge on any atom is -0.0117 e. The molecule has 0 heterocycles. The van der Waals surface area contributed by atoms with E-state index in [9.17, 15) is 0 Å². The maximum atomic E-state index is 2.32. The second-order valence-electron chi connectivity index (χ2n) is 4.31. The number of aryl methyl sites for hydroxylation is 3. The average Bonchev–Trinajstić information content (AvgIpc) is 2.60. The molecule has 70 valence electrons. The molecule has 0 unspecified atom stereocenters. The molecule has 3 rings (SSSR count). The van der Waals surface area contributed by atoms with Gasteiger partial charge in [-0.1, -0.05) is 24.3 Å². The number of hydrogen-bond acceptors (Lipinski definition) is 0. The Morgan fingerprint density at radius 3 is 2.79 bits per heavy atom. The summed E-state index contributed by atoms with van der Waals surface area (Å²) in [7, 11) is 0. The number of rotatable bonds is 0. The quantitative estimate of drug-likeness (QED) is 0.584. The van der Waals surface area contributed by atoms with Crippen LogP contribution in [0.2, 0.25) is 0 Å². The van der Waals surface area contributed by atoms with Gasteiger partial charge < -0.3 is 0 Å². The van der Waals surface area contributed by atoms with E-state index in [1.807, 2.05) is 0 Å². The van der Waals surface area contributed by atoms with E-state index in [0.717, 1.165) is 0 Å². The largest absolute Gasteiger partial charge is 0.0614 e. The SMILES string of the molecule is Cc1cc2cccc3c2c(c1C)CC3. The minimum Gasteiger partial charge on any atom is -0.0614 e. The summed E-state index contributed by atoms with van der Waals surface area (Å²) in [6, 6.07) is 9.01. The second kappa shape index (κ2) is 2.60. The van der Waals surface area contributed by atoms with E-state index in [1.54, 1.807) is 11.1 Å². The summed E-state index contributed by atoms with van der Waals surface area (Å²) < 4.78 is 0. The first-order valence-electron chi connectivity index (χ1n) is 5.28. The minimum atomic E-state index is 1.23. The van der Waals surface area contributed by atoms with E-state index < -0.39 is 0 Å². The van der Waals surface area contributed by atoms with Crippen LogP contribution in [0.15, 0.2) is 24.3 Å². The van der Waals surface area contributed by atoms with Crippen molar-refractivity contribution in [3.8, 4) is 0 Å². The van der Waals surface area contributed by atoms with E-state index in [4.69, 9.17) is 0 Å². The van der Waals surface area contributed by atoms with Gasteiger partial charge >= 0.3 is 0 Å². The van der Waals surface area contributed by atoms with Gasteiger partial charge in [0, 0.05) is 0 Å². The van der Waals surface area contributed by atoms with Gasteiger partial charge in [-0.05, 0) is 59.7 Å². The van der Waals surface area contributed by atoms with E-state index in [0.29, 0.717) is 0 Å². The first-order chi connectivity index (χ1) is 6.77. The molecule has 0 fully saturated rings. The van der Waals surface area contributed by atoms with Gasteiger partial charge in [-0.25, -0.2) is 0 Å². The van der Waals surface area contributed by atoms with E-state index in [-0.39, 0.29) is 0 Å². The molecule has 0 spiro atoms. The van der Waals surface area contributed by atoms with Crippen LogP contribution in [-0.4, -0.2) is 0 Å². The third-order valence-electron chi connectivity index (χ3n) is 3.55. The van der Waals surface area contributed by atoms with Crippen LogP contribution in [0.4, 0.5) is 0 Å². The molecular weight excluding hydrogens is 168 g/mol. The molecule has 0 nitrogen and oxygen atoms in total. The topological polar surface area (TPSA) is 0 Å². The molecule has 0 heteroatoms. The molecule has 1 aliphatic rings. The summed E-state index contributed by atoms with van der Waals surface area (Å²) in [6.45, 7) is 4.47. The lowest BCUT2D eigenvalue weighted by atomic mass is 9.97. The molecule has 2 aromatic carbocycles. The molecule has 2 aromatic rings. The third kappa shape index (κ3) is 0.886. The fraction of sp³-hybridized carbons (Fsp3) is 0.286.